The number of hydrogen-bond donors (Lipinski definition) is 2. The largest absolute Gasteiger partial charge is 0.438 e. The first-order valence-electron chi connectivity index (χ1n) is 8.20. The molecule has 2 N–H and O–H groups in total. The molecule has 6 nitrogen and oxygen atoms in total. The van der Waals surface area contributed by atoms with E-state index >= 15 is 0 Å². The molecule has 0 aliphatic heterocycles. The molecule has 126 valence electrons. The lowest BCUT2D eigenvalue weighted by atomic mass is 9.85. The van der Waals surface area contributed by atoms with Crippen LogP contribution in [0.25, 0.3) is 0 Å². The number of amides is 1. The topological polar surface area (TPSA) is 84.3 Å². The maximum atomic E-state index is 12.1. The van der Waals surface area contributed by atoms with Gasteiger partial charge in [0.2, 0.25) is 5.88 Å². The van der Waals surface area contributed by atoms with Crippen molar-refractivity contribution < 1.29 is 14.6 Å². The van der Waals surface area contributed by atoms with E-state index in [1.165, 1.54) is 12.4 Å². The molecule has 1 aromatic carbocycles. The van der Waals surface area contributed by atoms with E-state index in [2.05, 4.69) is 15.3 Å². The Morgan fingerprint density at radius 1 is 1.12 bits per heavy atom. The second kappa shape index (κ2) is 7.40. The second-order valence-corrected chi connectivity index (χ2v) is 6.12. The molecule has 0 unspecified atom stereocenters. The molecule has 1 aliphatic rings. The lowest BCUT2D eigenvalue weighted by molar-refractivity contribution is 0.00520. The maximum absolute atomic E-state index is 12.1. The molecule has 0 atom stereocenters. The third-order valence-corrected chi connectivity index (χ3v) is 4.19. The molecular weight excluding hydrogens is 306 g/mol. The van der Waals surface area contributed by atoms with Crippen molar-refractivity contribution in [1.82, 2.24) is 15.3 Å². The van der Waals surface area contributed by atoms with E-state index in [0.29, 0.717) is 11.6 Å². The van der Waals surface area contributed by atoms with Crippen LogP contribution in [0.15, 0.2) is 42.7 Å². The molecule has 1 aliphatic carbocycles. The van der Waals surface area contributed by atoms with E-state index in [4.69, 9.17) is 4.74 Å². The minimum Gasteiger partial charge on any atom is -0.438 e. The molecule has 1 amide bonds. The summed E-state index contributed by atoms with van der Waals surface area (Å²) in [5.41, 5.74) is -0.590. The number of hydrogen-bond acceptors (Lipinski definition) is 5. The summed E-state index contributed by atoms with van der Waals surface area (Å²) in [5, 5.41) is 13.2. The molecule has 1 saturated carbocycles. The molecule has 0 bridgehead atoms. The van der Waals surface area contributed by atoms with Crippen LogP contribution < -0.4 is 10.1 Å². The molecule has 0 saturated heterocycles. The van der Waals surface area contributed by atoms with Crippen molar-refractivity contribution in [3.05, 3.63) is 48.4 Å². The Morgan fingerprint density at radius 2 is 1.88 bits per heavy atom. The average Bonchev–Trinajstić information content (AvgIpc) is 2.62. The number of carbonyl (C=O) groups is 1. The Balaban J connectivity index is 1.55. The third-order valence-electron chi connectivity index (χ3n) is 4.19. The predicted molar refractivity (Wildman–Crippen MR) is 88.9 cm³/mol. The maximum Gasteiger partial charge on any atom is 0.271 e. The van der Waals surface area contributed by atoms with Crippen molar-refractivity contribution in [2.45, 2.75) is 37.7 Å². The summed E-state index contributed by atoms with van der Waals surface area (Å²) in [6.45, 7) is 0.246. The van der Waals surface area contributed by atoms with Crippen LogP contribution >= 0.6 is 0 Å². The summed E-state index contributed by atoms with van der Waals surface area (Å²) >= 11 is 0. The zero-order chi connectivity index (χ0) is 16.8. The molecule has 3 rings (SSSR count). The van der Waals surface area contributed by atoms with Gasteiger partial charge in [-0.15, -0.1) is 0 Å². The fourth-order valence-electron chi connectivity index (χ4n) is 2.82. The minimum absolute atomic E-state index is 0.204. The van der Waals surface area contributed by atoms with Gasteiger partial charge in [0.1, 0.15) is 11.4 Å². The standard InChI is InChI=1S/C18H21N3O3/c22-17(21-13-18(23)9-5-2-6-10-18)15-11-20-16(12-19-15)24-14-7-3-1-4-8-14/h1,3-4,7-8,11-12,23H,2,5-6,9-10,13H2,(H,21,22). The quantitative estimate of drug-likeness (QED) is 0.882. The molecule has 1 fully saturated rings. The van der Waals surface area contributed by atoms with Gasteiger partial charge in [0.15, 0.2) is 0 Å². The molecule has 6 heteroatoms. The van der Waals surface area contributed by atoms with E-state index in [0.717, 1.165) is 32.1 Å². The number of aliphatic hydroxyl groups is 1. The van der Waals surface area contributed by atoms with Crippen molar-refractivity contribution in [2.24, 2.45) is 0 Å². The number of benzene rings is 1. The second-order valence-electron chi connectivity index (χ2n) is 6.12. The Labute approximate surface area is 140 Å². The fourth-order valence-corrected chi connectivity index (χ4v) is 2.82. The zero-order valence-electron chi connectivity index (χ0n) is 13.4. The lowest BCUT2D eigenvalue weighted by Gasteiger charge is -2.32. The highest BCUT2D eigenvalue weighted by atomic mass is 16.5. The minimum atomic E-state index is -0.794. The summed E-state index contributed by atoms with van der Waals surface area (Å²) in [4.78, 5) is 20.3. The third kappa shape index (κ3) is 4.29. The SMILES string of the molecule is O=C(NCC1(O)CCCCC1)c1cnc(Oc2ccccc2)cn1. The van der Waals surface area contributed by atoms with Gasteiger partial charge < -0.3 is 15.2 Å². The van der Waals surface area contributed by atoms with Crippen LogP contribution in [0, 0.1) is 0 Å². The predicted octanol–water partition coefficient (Wildman–Crippen LogP) is 2.69. The summed E-state index contributed by atoms with van der Waals surface area (Å²) in [6, 6.07) is 9.24. The van der Waals surface area contributed by atoms with Gasteiger partial charge in [-0.1, -0.05) is 37.5 Å². The first-order chi connectivity index (χ1) is 11.6. The van der Waals surface area contributed by atoms with Gasteiger partial charge in [-0.3, -0.25) is 4.79 Å². The van der Waals surface area contributed by atoms with Gasteiger partial charge in [-0.25, -0.2) is 9.97 Å². The van der Waals surface area contributed by atoms with Crippen LogP contribution in [-0.2, 0) is 0 Å². The van der Waals surface area contributed by atoms with Crippen LogP contribution in [0.5, 0.6) is 11.6 Å². The molecular formula is C18H21N3O3. The Hall–Kier alpha value is -2.47. The first-order valence-corrected chi connectivity index (χ1v) is 8.20. The number of nitrogens with zero attached hydrogens (tertiary/aromatic N) is 2. The van der Waals surface area contributed by atoms with Crippen molar-refractivity contribution in [3.63, 3.8) is 0 Å². The van der Waals surface area contributed by atoms with Crippen LogP contribution in [0.1, 0.15) is 42.6 Å². The van der Waals surface area contributed by atoms with Gasteiger partial charge in [-0.2, -0.15) is 0 Å². The summed E-state index contributed by atoms with van der Waals surface area (Å²) in [7, 11) is 0. The molecule has 1 aromatic heterocycles. The van der Waals surface area contributed by atoms with E-state index in [1.54, 1.807) is 0 Å². The van der Waals surface area contributed by atoms with Gasteiger partial charge in [0, 0.05) is 6.54 Å². The van der Waals surface area contributed by atoms with Gasteiger partial charge in [0.05, 0.1) is 18.0 Å². The van der Waals surface area contributed by atoms with Crippen molar-refractivity contribution in [2.75, 3.05) is 6.54 Å². The summed E-state index contributed by atoms with van der Waals surface area (Å²) < 4.78 is 5.54. The van der Waals surface area contributed by atoms with Crippen LogP contribution in [0.3, 0.4) is 0 Å². The van der Waals surface area contributed by atoms with Crippen LogP contribution in [0.4, 0.5) is 0 Å². The highest BCUT2D eigenvalue weighted by Gasteiger charge is 2.29. The molecule has 24 heavy (non-hydrogen) atoms. The summed E-state index contributed by atoms with van der Waals surface area (Å²) in [6.07, 6.45) is 7.38. The van der Waals surface area contributed by atoms with E-state index in [-0.39, 0.29) is 18.1 Å². The zero-order valence-corrected chi connectivity index (χ0v) is 13.4. The highest BCUT2D eigenvalue weighted by molar-refractivity contribution is 5.91. The smallest absolute Gasteiger partial charge is 0.271 e. The van der Waals surface area contributed by atoms with Crippen molar-refractivity contribution >= 4 is 5.91 Å². The Kier molecular flexibility index (Phi) is 5.05. The average molecular weight is 327 g/mol. The molecule has 2 aromatic rings. The normalized spacial score (nSPS) is 16.4. The summed E-state index contributed by atoms with van der Waals surface area (Å²) in [5.74, 6) is 0.639. The number of rotatable bonds is 5. The number of nitrogens with one attached hydrogen (secondary N) is 1. The lowest BCUT2D eigenvalue weighted by Crippen LogP contribution is -2.44. The van der Waals surface area contributed by atoms with E-state index < -0.39 is 5.60 Å². The number of ether oxygens (including phenoxy) is 1. The fraction of sp³-hybridized carbons (Fsp3) is 0.389. The van der Waals surface area contributed by atoms with Gasteiger partial charge >= 0.3 is 0 Å². The number of para-hydroxylation sites is 1. The van der Waals surface area contributed by atoms with Crippen LogP contribution in [0.2, 0.25) is 0 Å². The number of carbonyl (C=O) groups excluding carboxylic acids is 1. The van der Waals surface area contributed by atoms with E-state index in [1.807, 2.05) is 30.3 Å². The highest BCUT2D eigenvalue weighted by Crippen LogP contribution is 2.27. The molecule has 0 radical (unpaired) electrons. The van der Waals surface area contributed by atoms with Crippen molar-refractivity contribution in [3.8, 4) is 11.6 Å². The number of aromatic nitrogens is 2. The first kappa shape index (κ1) is 16.4. The molecule has 1 heterocycles. The Morgan fingerprint density at radius 3 is 2.54 bits per heavy atom. The van der Waals surface area contributed by atoms with Gasteiger partial charge in [0.25, 0.3) is 5.91 Å². The monoisotopic (exact) mass is 327 g/mol. The van der Waals surface area contributed by atoms with Crippen LogP contribution in [-0.4, -0.2) is 33.1 Å². The van der Waals surface area contributed by atoms with Crippen molar-refractivity contribution in [1.29, 1.82) is 0 Å². The Bertz CT molecular complexity index is 668. The van der Waals surface area contributed by atoms with Gasteiger partial charge in [-0.05, 0) is 25.0 Å². The van der Waals surface area contributed by atoms with E-state index in [9.17, 15) is 9.90 Å². The molecule has 0 spiro atoms.